The van der Waals surface area contributed by atoms with Gasteiger partial charge in [0, 0.05) is 25.3 Å². The maximum absolute atomic E-state index is 13.0. The van der Waals surface area contributed by atoms with Gasteiger partial charge in [-0.05, 0) is 38.2 Å². The van der Waals surface area contributed by atoms with Crippen molar-refractivity contribution < 1.29 is 8.42 Å². The maximum atomic E-state index is 13.0. The summed E-state index contributed by atoms with van der Waals surface area (Å²) in [6.45, 7) is 5.12. The molecule has 1 aromatic heterocycles. The SMILES string of the molecule is CC(C)n1cnc(S(=O)(=O)N2CCCCC(c3ccccc3)C2)c1. The molecule has 0 radical (unpaired) electrons. The van der Waals surface area contributed by atoms with Crippen LogP contribution < -0.4 is 0 Å². The van der Waals surface area contributed by atoms with E-state index in [2.05, 4.69) is 17.1 Å². The molecule has 0 aliphatic carbocycles. The Morgan fingerprint density at radius 2 is 1.92 bits per heavy atom. The number of rotatable bonds is 4. The van der Waals surface area contributed by atoms with Gasteiger partial charge in [-0.1, -0.05) is 36.8 Å². The van der Waals surface area contributed by atoms with Crippen molar-refractivity contribution in [3.05, 3.63) is 48.4 Å². The lowest BCUT2D eigenvalue weighted by Crippen LogP contribution is -2.34. The molecular formula is C18H25N3O2S. The lowest BCUT2D eigenvalue weighted by atomic mass is 9.95. The highest BCUT2D eigenvalue weighted by Crippen LogP contribution is 2.29. The third kappa shape index (κ3) is 3.54. The second-order valence-corrected chi connectivity index (χ2v) is 8.60. The molecular weight excluding hydrogens is 322 g/mol. The van der Waals surface area contributed by atoms with Gasteiger partial charge in [0.15, 0.2) is 5.03 Å². The van der Waals surface area contributed by atoms with Crippen LogP contribution in [0, 0.1) is 0 Å². The normalized spacial score (nSPS) is 20.2. The van der Waals surface area contributed by atoms with Gasteiger partial charge in [-0.25, -0.2) is 13.4 Å². The molecule has 1 aromatic carbocycles. The smallest absolute Gasteiger partial charge is 0.262 e. The zero-order chi connectivity index (χ0) is 17.2. The third-order valence-electron chi connectivity index (χ3n) is 4.68. The first kappa shape index (κ1) is 17.2. The van der Waals surface area contributed by atoms with Crippen molar-refractivity contribution in [3.8, 4) is 0 Å². The van der Waals surface area contributed by atoms with E-state index >= 15 is 0 Å². The topological polar surface area (TPSA) is 55.2 Å². The Balaban J connectivity index is 1.85. The van der Waals surface area contributed by atoms with E-state index in [9.17, 15) is 8.42 Å². The molecule has 2 aromatic rings. The van der Waals surface area contributed by atoms with Crippen LogP contribution >= 0.6 is 0 Å². The summed E-state index contributed by atoms with van der Waals surface area (Å²) in [5, 5.41) is 0.157. The fourth-order valence-corrected chi connectivity index (χ4v) is 4.63. The molecule has 6 heteroatoms. The molecule has 1 aliphatic rings. The number of hydrogen-bond donors (Lipinski definition) is 0. The van der Waals surface area contributed by atoms with Gasteiger partial charge >= 0.3 is 0 Å². The Morgan fingerprint density at radius 1 is 1.17 bits per heavy atom. The van der Waals surface area contributed by atoms with Crippen LogP contribution in [0.2, 0.25) is 0 Å². The first-order valence-electron chi connectivity index (χ1n) is 8.57. The van der Waals surface area contributed by atoms with Gasteiger partial charge in [-0.15, -0.1) is 0 Å². The van der Waals surface area contributed by atoms with Gasteiger partial charge < -0.3 is 4.57 Å². The molecule has 1 atom stereocenters. The molecule has 0 saturated carbocycles. The van der Waals surface area contributed by atoms with Gasteiger partial charge in [-0.2, -0.15) is 4.31 Å². The maximum Gasteiger partial charge on any atom is 0.262 e. The average Bonchev–Trinajstić information content (AvgIpc) is 2.95. The highest BCUT2D eigenvalue weighted by molar-refractivity contribution is 7.89. The molecule has 24 heavy (non-hydrogen) atoms. The molecule has 2 heterocycles. The van der Waals surface area contributed by atoms with Crippen LogP contribution in [0.15, 0.2) is 47.9 Å². The van der Waals surface area contributed by atoms with Gasteiger partial charge in [0.25, 0.3) is 10.0 Å². The summed E-state index contributed by atoms with van der Waals surface area (Å²) in [6.07, 6.45) is 6.21. The molecule has 1 saturated heterocycles. The Labute approximate surface area is 144 Å². The molecule has 5 nitrogen and oxygen atoms in total. The lowest BCUT2D eigenvalue weighted by Gasteiger charge is -2.23. The van der Waals surface area contributed by atoms with E-state index in [0.29, 0.717) is 13.1 Å². The fourth-order valence-electron chi connectivity index (χ4n) is 3.19. The summed E-state index contributed by atoms with van der Waals surface area (Å²) in [6, 6.07) is 10.4. The number of benzene rings is 1. The van der Waals surface area contributed by atoms with Crippen molar-refractivity contribution in [1.82, 2.24) is 13.9 Å². The highest BCUT2D eigenvalue weighted by Gasteiger charge is 2.31. The van der Waals surface area contributed by atoms with E-state index < -0.39 is 10.0 Å². The Hall–Kier alpha value is -1.66. The van der Waals surface area contributed by atoms with Gasteiger partial charge in [-0.3, -0.25) is 0 Å². The number of imidazole rings is 1. The zero-order valence-corrected chi connectivity index (χ0v) is 15.1. The number of sulfonamides is 1. The van der Waals surface area contributed by atoms with Crippen molar-refractivity contribution in [2.24, 2.45) is 0 Å². The zero-order valence-electron chi connectivity index (χ0n) is 14.3. The van der Waals surface area contributed by atoms with Crippen LogP contribution in [-0.2, 0) is 10.0 Å². The summed E-state index contributed by atoms with van der Waals surface area (Å²) in [4.78, 5) is 4.15. The minimum absolute atomic E-state index is 0.157. The van der Waals surface area contributed by atoms with Crippen molar-refractivity contribution in [1.29, 1.82) is 0 Å². The predicted molar refractivity (Wildman–Crippen MR) is 94.4 cm³/mol. The fraction of sp³-hybridized carbons (Fsp3) is 0.500. The van der Waals surface area contributed by atoms with Crippen molar-refractivity contribution in [2.45, 2.75) is 50.1 Å². The second-order valence-electron chi connectivity index (χ2n) is 6.72. The Morgan fingerprint density at radius 3 is 2.58 bits per heavy atom. The molecule has 0 amide bonds. The van der Waals surface area contributed by atoms with E-state index in [0.717, 1.165) is 19.3 Å². The van der Waals surface area contributed by atoms with Gasteiger partial charge in [0.1, 0.15) is 0 Å². The minimum atomic E-state index is -3.54. The van der Waals surface area contributed by atoms with Crippen molar-refractivity contribution >= 4 is 10.0 Å². The Kier molecular flexibility index (Phi) is 5.06. The van der Waals surface area contributed by atoms with E-state index in [1.165, 1.54) is 5.56 Å². The number of hydrogen-bond acceptors (Lipinski definition) is 3. The minimum Gasteiger partial charge on any atom is -0.334 e. The first-order valence-corrected chi connectivity index (χ1v) is 10.0. The van der Waals surface area contributed by atoms with E-state index in [1.54, 1.807) is 16.8 Å². The van der Waals surface area contributed by atoms with Crippen LogP contribution in [0.4, 0.5) is 0 Å². The Bertz CT molecular complexity index is 769. The van der Waals surface area contributed by atoms with Crippen LogP contribution in [0.3, 0.4) is 0 Å². The third-order valence-corrected chi connectivity index (χ3v) is 6.43. The largest absolute Gasteiger partial charge is 0.334 e. The second kappa shape index (κ2) is 7.07. The summed E-state index contributed by atoms with van der Waals surface area (Å²) < 4.78 is 29.5. The standard InChI is InChI=1S/C18H25N3O2S/c1-15(2)20-13-18(19-14-20)24(22,23)21-11-7-6-10-17(12-21)16-8-4-3-5-9-16/h3-5,8-9,13-15,17H,6-7,10-12H2,1-2H3. The average molecular weight is 347 g/mol. The van der Waals surface area contributed by atoms with Crippen LogP contribution in [0.5, 0.6) is 0 Å². The quantitative estimate of drug-likeness (QED) is 0.851. The number of aromatic nitrogens is 2. The van der Waals surface area contributed by atoms with Crippen LogP contribution in [0.25, 0.3) is 0 Å². The van der Waals surface area contributed by atoms with Crippen LogP contribution in [0.1, 0.15) is 50.6 Å². The molecule has 130 valence electrons. The molecule has 0 bridgehead atoms. The molecule has 1 aliphatic heterocycles. The van der Waals surface area contributed by atoms with Gasteiger partial charge in [0.05, 0.1) is 6.33 Å². The summed E-state index contributed by atoms with van der Waals surface area (Å²) >= 11 is 0. The number of nitrogens with zero attached hydrogens (tertiary/aromatic N) is 3. The van der Waals surface area contributed by atoms with E-state index in [4.69, 9.17) is 0 Å². The summed E-state index contributed by atoms with van der Waals surface area (Å²) in [7, 11) is -3.54. The van der Waals surface area contributed by atoms with Crippen LogP contribution in [-0.4, -0.2) is 35.4 Å². The molecule has 1 unspecified atom stereocenters. The summed E-state index contributed by atoms with van der Waals surface area (Å²) in [5.74, 6) is 0.246. The highest BCUT2D eigenvalue weighted by atomic mass is 32.2. The monoisotopic (exact) mass is 347 g/mol. The van der Waals surface area contributed by atoms with Crippen molar-refractivity contribution in [3.63, 3.8) is 0 Å². The molecule has 3 rings (SSSR count). The lowest BCUT2D eigenvalue weighted by molar-refractivity contribution is 0.404. The summed E-state index contributed by atoms with van der Waals surface area (Å²) in [5.41, 5.74) is 1.22. The molecule has 0 N–H and O–H groups in total. The molecule has 0 spiro atoms. The van der Waals surface area contributed by atoms with Gasteiger partial charge in [0.2, 0.25) is 0 Å². The van der Waals surface area contributed by atoms with Crippen molar-refractivity contribution in [2.75, 3.05) is 13.1 Å². The predicted octanol–water partition coefficient (Wildman–Crippen LogP) is 3.42. The van der Waals surface area contributed by atoms with E-state index in [-0.39, 0.29) is 17.0 Å². The molecule has 1 fully saturated rings. The van der Waals surface area contributed by atoms with E-state index in [1.807, 2.05) is 36.6 Å². The first-order chi connectivity index (χ1) is 11.5.